The fourth-order valence-electron chi connectivity index (χ4n) is 4.99. The number of rotatable bonds is 6. The van der Waals surface area contributed by atoms with E-state index >= 15 is 8.78 Å². The predicted octanol–water partition coefficient (Wildman–Crippen LogP) is 1.96. The Hall–Kier alpha value is -3.07. The number of carboxylic acids is 1. The van der Waals surface area contributed by atoms with Gasteiger partial charge in [0.25, 0.3) is 0 Å². The molecule has 1 saturated carbocycles. The molecule has 1 aromatic carbocycles. The van der Waals surface area contributed by atoms with Gasteiger partial charge in [0.2, 0.25) is 5.43 Å². The van der Waals surface area contributed by atoms with Crippen molar-refractivity contribution in [1.82, 2.24) is 9.47 Å². The number of carboxylic acid groups (broad SMARTS) is 1. The second-order valence-electron chi connectivity index (χ2n) is 10.3. The summed E-state index contributed by atoms with van der Waals surface area (Å²) in [7, 11) is -11.4. The van der Waals surface area contributed by atoms with Crippen molar-refractivity contribution < 1.29 is 56.9 Å². The number of nitrogens with zero attached hydrogens (tertiary/aromatic N) is 3. The van der Waals surface area contributed by atoms with E-state index in [-0.39, 0.29) is 24.6 Å². The molecular formula is C22H28F2N4O11P2. The van der Waals surface area contributed by atoms with E-state index in [0.29, 0.717) is 19.8 Å². The molecule has 1 aliphatic heterocycles. The van der Waals surface area contributed by atoms with Crippen LogP contribution in [0.25, 0.3) is 10.9 Å². The minimum Gasteiger partial charge on any atom is -0.477 e. The normalized spacial score (nSPS) is 20.4. The molecule has 1 saturated heterocycles. The molecule has 4 rings (SSSR count). The first kappa shape index (κ1) is 30.9. The molecule has 19 heteroatoms. The summed E-state index contributed by atoms with van der Waals surface area (Å²) in [5.74, 6) is -4.10. The number of anilines is 2. The average Bonchev–Trinajstić information content (AvgIpc) is 3.65. The standard InChI is InChI=1S/C22H28F2N4O11P2/c1-9-6-26(7-10(2)28(9)21(32)39-22(3,40(33,34)35)41(36,37)38)18-14(23)16(25)13-17(15(18)24)27(11-4-5-11)8-12(19(13)29)20(30)31/h8-11H,4-7,25H2,1-3H3,(H,30,31)(H2,33,34,35)(H2,36,37,38)/t9-,10+. The van der Waals surface area contributed by atoms with E-state index in [1.807, 2.05) is 0 Å². The van der Waals surface area contributed by atoms with Gasteiger partial charge in [-0.05, 0) is 33.6 Å². The number of piperazine rings is 1. The smallest absolute Gasteiger partial charge is 0.412 e. The number of amides is 1. The van der Waals surface area contributed by atoms with Crippen LogP contribution in [0.2, 0.25) is 0 Å². The summed E-state index contributed by atoms with van der Waals surface area (Å²) in [4.78, 5) is 77.6. The lowest BCUT2D eigenvalue weighted by Crippen LogP contribution is -2.60. The van der Waals surface area contributed by atoms with Gasteiger partial charge in [0.05, 0.1) is 28.7 Å². The Balaban J connectivity index is 1.76. The Labute approximate surface area is 230 Å². The van der Waals surface area contributed by atoms with Gasteiger partial charge in [-0.15, -0.1) is 0 Å². The number of pyridine rings is 1. The second kappa shape index (κ2) is 10.0. The number of carbonyl (C=O) groups is 2. The summed E-state index contributed by atoms with van der Waals surface area (Å²) in [6, 6.07) is -2.32. The minimum absolute atomic E-state index is 0.304. The summed E-state index contributed by atoms with van der Waals surface area (Å²) in [5.41, 5.74) is 2.30. The van der Waals surface area contributed by atoms with Crippen molar-refractivity contribution in [1.29, 1.82) is 0 Å². The Morgan fingerprint density at radius 2 is 1.56 bits per heavy atom. The third-order valence-corrected chi connectivity index (χ3v) is 11.3. The van der Waals surface area contributed by atoms with Gasteiger partial charge in [-0.25, -0.2) is 18.4 Å². The fourth-order valence-corrected chi connectivity index (χ4v) is 6.75. The number of hydrogen-bond acceptors (Lipinski definition) is 8. The topological polar surface area (TPSA) is 233 Å². The highest BCUT2D eigenvalue weighted by molar-refractivity contribution is 7.72. The molecule has 0 radical (unpaired) electrons. The molecule has 2 aliphatic rings. The number of ether oxygens (including phenoxy) is 1. The quantitative estimate of drug-likeness (QED) is 0.200. The van der Waals surface area contributed by atoms with Crippen LogP contribution in [-0.4, -0.2) is 76.5 Å². The summed E-state index contributed by atoms with van der Waals surface area (Å²) in [6.07, 6.45) is 0.620. The molecule has 41 heavy (non-hydrogen) atoms. The third kappa shape index (κ3) is 5.00. The molecule has 7 N–H and O–H groups in total. The Kier molecular flexibility index (Phi) is 7.56. The largest absolute Gasteiger partial charge is 0.477 e. The number of carbonyl (C=O) groups excluding carboxylic acids is 1. The minimum atomic E-state index is -5.70. The molecule has 15 nitrogen and oxygen atoms in total. The lowest BCUT2D eigenvalue weighted by Gasteiger charge is -2.45. The van der Waals surface area contributed by atoms with Crippen LogP contribution in [0.5, 0.6) is 0 Å². The van der Waals surface area contributed by atoms with Crippen LogP contribution >= 0.6 is 15.2 Å². The lowest BCUT2D eigenvalue weighted by atomic mass is 10.0. The van der Waals surface area contributed by atoms with Crippen molar-refractivity contribution in [2.75, 3.05) is 23.7 Å². The van der Waals surface area contributed by atoms with Crippen molar-refractivity contribution in [3.8, 4) is 0 Å². The van der Waals surface area contributed by atoms with Gasteiger partial charge in [0.1, 0.15) is 11.3 Å². The van der Waals surface area contributed by atoms with Crippen molar-refractivity contribution in [2.24, 2.45) is 0 Å². The molecule has 1 aromatic heterocycles. The van der Waals surface area contributed by atoms with Crippen molar-refractivity contribution in [2.45, 2.75) is 56.8 Å². The first-order chi connectivity index (χ1) is 18.7. The maximum Gasteiger partial charge on any atom is 0.412 e. The number of halogens is 2. The van der Waals surface area contributed by atoms with Gasteiger partial charge < -0.3 is 44.6 Å². The van der Waals surface area contributed by atoms with E-state index in [1.54, 1.807) is 0 Å². The molecule has 2 heterocycles. The molecule has 0 bridgehead atoms. The Morgan fingerprint density at radius 3 is 2.00 bits per heavy atom. The lowest BCUT2D eigenvalue weighted by molar-refractivity contribution is 0.0334. The average molecular weight is 624 g/mol. The molecule has 0 unspecified atom stereocenters. The molecular weight excluding hydrogens is 596 g/mol. The van der Waals surface area contributed by atoms with Gasteiger partial charge in [-0.3, -0.25) is 18.8 Å². The predicted molar refractivity (Wildman–Crippen MR) is 140 cm³/mol. The molecule has 1 aliphatic carbocycles. The van der Waals surface area contributed by atoms with Crippen LogP contribution in [0.3, 0.4) is 0 Å². The summed E-state index contributed by atoms with van der Waals surface area (Å²) in [6.45, 7) is 2.59. The number of benzene rings is 1. The second-order valence-corrected chi connectivity index (χ2v) is 14.6. The highest BCUT2D eigenvalue weighted by atomic mass is 31.2. The fraction of sp³-hybridized carbons (Fsp3) is 0.500. The molecule has 2 fully saturated rings. The zero-order valence-corrected chi connectivity index (χ0v) is 23.7. The highest BCUT2D eigenvalue weighted by Gasteiger charge is 2.61. The zero-order valence-electron chi connectivity index (χ0n) is 21.9. The number of aromatic nitrogens is 1. The monoisotopic (exact) mass is 624 g/mol. The Bertz CT molecular complexity index is 1580. The number of nitrogen functional groups attached to an aromatic ring is 1. The van der Waals surface area contributed by atoms with Gasteiger partial charge in [-0.2, -0.15) is 0 Å². The van der Waals surface area contributed by atoms with Crippen LogP contribution < -0.4 is 16.1 Å². The van der Waals surface area contributed by atoms with E-state index in [1.165, 1.54) is 23.3 Å². The maximum absolute atomic E-state index is 16.1. The summed E-state index contributed by atoms with van der Waals surface area (Å²) in [5, 5.41) is 5.34. The van der Waals surface area contributed by atoms with E-state index in [0.717, 1.165) is 11.1 Å². The van der Waals surface area contributed by atoms with Crippen LogP contribution in [0.1, 0.15) is 50.0 Å². The highest BCUT2D eigenvalue weighted by Crippen LogP contribution is 2.69. The van der Waals surface area contributed by atoms with Crippen LogP contribution in [0.4, 0.5) is 25.0 Å². The van der Waals surface area contributed by atoms with E-state index in [4.69, 9.17) is 10.5 Å². The molecule has 2 aromatic rings. The van der Waals surface area contributed by atoms with Crippen molar-refractivity contribution in [3.05, 3.63) is 33.6 Å². The number of aromatic carboxylic acids is 1. The Morgan fingerprint density at radius 1 is 1.05 bits per heavy atom. The number of fused-ring (bicyclic) bond motifs is 1. The van der Waals surface area contributed by atoms with Gasteiger partial charge >= 0.3 is 32.3 Å². The van der Waals surface area contributed by atoms with E-state index in [9.17, 15) is 48.2 Å². The van der Waals surface area contributed by atoms with Gasteiger partial charge in [-0.1, -0.05) is 0 Å². The molecule has 0 spiro atoms. The summed E-state index contributed by atoms with van der Waals surface area (Å²) >= 11 is 0. The first-order valence-electron chi connectivity index (χ1n) is 12.2. The van der Waals surface area contributed by atoms with Crippen LogP contribution in [0, 0.1) is 11.6 Å². The van der Waals surface area contributed by atoms with E-state index < -0.39 is 83.8 Å². The van der Waals surface area contributed by atoms with Crippen molar-refractivity contribution in [3.63, 3.8) is 0 Å². The van der Waals surface area contributed by atoms with Gasteiger partial charge in [0, 0.05) is 25.3 Å². The van der Waals surface area contributed by atoms with Crippen LogP contribution in [-0.2, 0) is 13.9 Å². The van der Waals surface area contributed by atoms with E-state index in [2.05, 4.69) is 0 Å². The van der Waals surface area contributed by atoms with Gasteiger partial charge in [0.15, 0.2) is 11.6 Å². The molecule has 2 atom stereocenters. The number of hydrogen-bond donors (Lipinski definition) is 6. The molecule has 226 valence electrons. The zero-order chi connectivity index (χ0) is 31.0. The SMILES string of the molecule is C[C@@H]1CN(c2c(F)c(N)c3c(=O)c(C(=O)O)cn(C4CC4)c3c2F)C[C@H](C)N1C(=O)OC(C)(P(=O)(O)O)P(=O)(O)O. The maximum atomic E-state index is 16.1. The summed E-state index contributed by atoms with van der Waals surface area (Å²) < 4.78 is 61.4. The third-order valence-electron chi connectivity index (χ3n) is 7.34. The van der Waals surface area contributed by atoms with Crippen LogP contribution in [0.15, 0.2) is 11.0 Å². The molecule has 1 amide bonds. The van der Waals surface area contributed by atoms with Crippen molar-refractivity contribution >= 4 is 49.5 Å². The number of nitrogens with two attached hydrogens (primary N) is 1. The first-order valence-corrected chi connectivity index (χ1v) is 15.4.